The lowest BCUT2D eigenvalue weighted by Gasteiger charge is -2.40. The Bertz CT molecular complexity index is 3480. The second-order valence-corrected chi connectivity index (χ2v) is 18.5. The lowest BCUT2D eigenvalue weighted by atomic mass is 9.66. The van der Waals surface area contributed by atoms with Gasteiger partial charge in [0.25, 0.3) is 0 Å². The minimum Gasteiger partial charge on any atom is -0.457 e. The molecule has 0 bridgehead atoms. The summed E-state index contributed by atoms with van der Waals surface area (Å²) in [4.78, 5) is 5.12. The van der Waals surface area contributed by atoms with Crippen LogP contribution in [0.4, 0.5) is 17.1 Å². The van der Waals surface area contributed by atoms with Crippen molar-refractivity contribution in [1.82, 2.24) is 0 Å². The maximum absolute atomic E-state index is 6.73. The number of hydrogen-bond acceptors (Lipinski definition) is 3. The first-order valence-electron chi connectivity index (χ1n) is 22.4. The van der Waals surface area contributed by atoms with Gasteiger partial charge in [-0.25, -0.2) is 0 Å². The van der Waals surface area contributed by atoms with E-state index >= 15 is 0 Å². The predicted molar refractivity (Wildman–Crippen MR) is 265 cm³/mol. The second-order valence-electron chi connectivity index (χ2n) is 17.5. The molecule has 65 heavy (non-hydrogen) atoms. The molecule has 0 fully saturated rings. The smallest absolute Gasteiger partial charge is 0.132 e. The number of benzene rings is 10. The highest BCUT2D eigenvalue weighted by Crippen LogP contribution is 2.66. The molecule has 2 spiro atoms. The molecule has 0 unspecified atom stereocenters. The summed E-state index contributed by atoms with van der Waals surface area (Å²) in [5.74, 6) is 1.78. The van der Waals surface area contributed by atoms with Crippen molar-refractivity contribution >= 4 is 28.8 Å². The number of para-hydroxylation sites is 2. The second kappa shape index (κ2) is 13.8. The van der Waals surface area contributed by atoms with Crippen LogP contribution >= 0.6 is 11.8 Å². The maximum atomic E-state index is 6.73. The van der Waals surface area contributed by atoms with Crippen LogP contribution in [-0.2, 0) is 10.8 Å². The number of fused-ring (bicyclic) bond motifs is 18. The first-order valence-corrected chi connectivity index (χ1v) is 23.2. The standard InChI is InChI=1S/C62H39NOS/c1-2-17-40(18-3-1)41-33-35-42(36-34-41)63(43-37-38-45-44-19-4-6-21-47(44)61(54(45)39-43)49-23-8-12-29-56(49)64-57-30-13-9-24-50(57)61)55-28-16-27-53-60(55)46-20-5-7-22-48(46)62(53)51-25-10-14-31-58(51)65-59-32-15-11-26-52(59)62/h1-39H. The molecule has 0 saturated heterocycles. The van der Waals surface area contributed by atoms with Gasteiger partial charge < -0.3 is 9.64 Å². The average molecular weight is 846 g/mol. The molecule has 10 aromatic carbocycles. The number of nitrogens with zero attached hydrogens (tertiary/aromatic N) is 1. The van der Waals surface area contributed by atoms with Crippen LogP contribution in [0.25, 0.3) is 33.4 Å². The van der Waals surface area contributed by atoms with E-state index in [-0.39, 0.29) is 0 Å². The molecular weight excluding hydrogens is 807 g/mol. The van der Waals surface area contributed by atoms with Gasteiger partial charge in [0.1, 0.15) is 11.5 Å². The lowest BCUT2D eigenvalue weighted by Crippen LogP contribution is -2.32. The molecule has 3 heteroatoms. The summed E-state index contributed by atoms with van der Waals surface area (Å²) in [6.07, 6.45) is 0. The van der Waals surface area contributed by atoms with Gasteiger partial charge in [-0.05, 0) is 116 Å². The molecule has 0 radical (unpaired) electrons. The first kappa shape index (κ1) is 36.6. The number of hydrogen-bond donors (Lipinski definition) is 0. The van der Waals surface area contributed by atoms with Crippen molar-refractivity contribution < 1.29 is 4.74 Å². The van der Waals surface area contributed by atoms with Crippen LogP contribution < -0.4 is 9.64 Å². The Kier molecular flexibility index (Phi) is 7.79. The third kappa shape index (κ3) is 4.91. The minimum atomic E-state index is -0.599. The fourth-order valence-corrected chi connectivity index (χ4v) is 13.1. The van der Waals surface area contributed by atoms with Crippen LogP contribution in [0.1, 0.15) is 44.5 Å². The zero-order chi connectivity index (χ0) is 42.7. The number of ether oxygens (including phenoxy) is 1. The van der Waals surface area contributed by atoms with E-state index in [4.69, 9.17) is 4.74 Å². The minimum absolute atomic E-state index is 0.498. The largest absolute Gasteiger partial charge is 0.457 e. The third-order valence-corrected chi connectivity index (χ3v) is 15.6. The molecule has 10 aromatic rings. The monoisotopic (exact) mass is 845 g/mol. The highest BCUT2D eigenvalue weighted by atomic mass is 32.2. The molecule has 0 aromatic heterocycles. The van der Waals surface area contributed by atoms with Crippen LogP contribution in [-0.4, -0.2) is 0 Å². The molecule has 2 nitrogen and oxygen atoms in total. The van der Waals surface area contributed by atoms with Crippen molar-refractivity contribution in [3.05, 3.63) is 281 Å². The Hall–Kier alpha value is -7.85. The average Bonchev–Trinajstić information content (AvgIpc) is 3.83. The zero-order valence-corrected chi connectivity index (χ0v) is 36.1. The van der Waals surface area contributed by atoms with Gasteiger partial charge in [-0.15, -0.1) is 0 Å². The van der Waals surface area contributed by atoms with E-state index in [2.05, 4.69) is 241 Å². The fourth-order valence-electron chi connectivity index (χ4n) is 11.9. The first-order chi connectivity index (χ1) is 32.2. The van der Waals surface area contributed by atoms with Gasteiger partial charge in [-0.3, -0.25) is 0 Å². The van der Waals surface area contributed by atoms with Crippen molar-refractivity contribution in [3.8, 4) is 44.9 Å². The van der Waals surface area contributed by atoms with Gasteiger partial charge in [0, 0.05) is 37.9 Å². The molecule has 2 aliphatic carbocycles. The van der Waals surface area contributed by atoms with Crippen molar-refractivity contribution in [2.24, 2.45) is 0 Å². The summed E-state index contributed by atoms with van der Waals surface area (Å²) in [6, 6.07) is 87.6. The Morgan fingerprint density at radius 1 is 0.323 bits per heavy atom. The van der Waals surface area contributed by atoms with Gasteiger partial charge >= 0.3 is 0 Å². The summed E-state index contributed by atoms with van der Waals surface area (Å²) >= 11 is 1.88. The number of anilines is 3. The van der Waals surface area contributed by atoms with E-state index in [9.17, 15) is 0 Å². The number of rotatable bonds is 4. The SMILES string of the molecule is c1ccc(-c2ccc(N(c3ccc4c(c3)C3(c5ccccc5Oc5ccccc53)c3ccccc3-4)c3cccc4c3-c3ccccc3C43c4ccccc4Sc4ccccc43)cc2)cc1. The van der Waals surface area contributed by atoms with E-state index in [0.29, 0.717) is 0 Å². The van der Waals surface area contributed by atoms with Crippen molar-refractivity contribution in [2.75, 3.05) is 4.90 Å². The predicted octanol–water partition coefficient (Wildman–Crippen LogP) is 16.1. The summed E-state index contributed by atoms with van der Waals surface area (Å²) in [5, 5.41) is 0. The van der Waals surface area contributed by atoms with Crippen LogP contribution in [0.5, 0.6) is 11.5 Å². The highest BCUT2D eigenvalue weighted by Gasteiger charge is 2.53. The van der Waals surface area contributed by atoms with E-state index in [1.54, 1.807) is 0 Å². The van der Waals surface area contributed by atoms with Gasteiger partial charge in [0.05, 0.1) is 16.5 Å². The zero-order valence-electron chi connectivity index (χ0n) is 35.3. The molecular formula is C62H39NOS. The van der Waals surface area contributed by atoms with Crippen LogP contribution in [0.2, 0.25) is 0 Å². The van der Waals surface area contributed by atoms with E-state index in [0.717, 1.165) is 39.7 Å². The van der Waals surface area contributed by atoms with Crippen molar-refractivity contribution in [3.63, 3.8) is 0 Å². The molecule has 0 amide bonds. The Balaban J connectivity index is 1.07. The van der Waals surface area contributed by atoms with Gasteiger partial charge in [0.15, 0.2) is 0 Å². The molecule has 2 aliphatic heterocycles. The summed E-state index contributed by atoms with van der Waals surface area (Å²) in [5.41, 5.74) is 19.8. The molecule has 304 valence electrons. The van der Waals surface area contributed by atoms with Crippen LogP contribution in [0.3, 0.4) is 0 Å². The van der Waals surface area contributed by atoms with Crippen LogP contribution in [0, 0.1) is 0 Å². The van der Waals surface area contributed by atoms with E-state index < -0.39 is 10.8 Å². The highest BCUT2D eigenvalue weighted by molar-refractivity contribution is 7.99. The van der Waals surface area contributed by atoms with Gasteiger partial charge in [-0.1, -0.05) is 194 Å². The van der Waals surface area contributed by atoms with Crippen molar-refractivity contribution in [2.45, 2.75) is 20.6 Å². The fraction of sp³-hybridized carbons (Fsp3) is 0.0323. The molecule has 14 rings (SSSR count). The molecule has 0 atom stereocenters. The molecule has 0 saturated carbocycles. The van der Waals surface area contributed by atoms with Gasteiger partial charge in [0.2, 0.25) is 0 Å². The quantitative estimate of drug-likeness (QED) is 0.175. The lowest BCUT2D eigenvalue weighted by molar-refractivity contribution is 0.436. The van der Waals surface area contributed by atoms with Gasteiger partial charge in [-0.2, -0.15) is 0 Å². The van der Waals surface area contributed by atoms with Crippen molar-refractivity contribution in [1.29, 1.82) is 0 Å². The Morgan fingerprint density at radius 3 is 1.48 bits per heavy atom. The summed E-state index contributed by atoms with van der Waals surface area (Å²) in [7, 11) is 0. The third-order valence-electron chi connectivity index (χ3n) is 14.4. The summed E-state index contributed by atoms with van der Waals surface area (Å²) < 4.78 is 6.73. The van der Waals surface area contributed by atoms with E-state index in [1.165, 1.54) is 76.6 Å². The molecule has 4 aliphatic rings. The summed E-state index contributed by atoms with van der Waals surface area (Å²) in [6.45, 7) is 0. The Morgan fingerprint density at radius 2 is 0.800 bits per heavy atom. The van der Waals surface area contributed by atoms with E-state index in [1.807, 2.05) is 11.8 Å². The maximum Gasteiger partial charge on any atom is 0.132 e. The molecule has 2 heterocycles. The normalized spacial score (nSPS) is 14.5. The Labute approximate surface area is 383 Å². The van der Waals surface area contributed by atoms with Crippen LogP contribution in [0.15, 0.2) is 246 Å². The topological polar surface area (TPSA) is 12.5 Å². The molecule has 0 N–H and O–H groups in total.